The van der Waals surface area contributed by atoms with Crippen molar-refractivity contribution in [2.24, 2.45) is 0 Å². The number of aromatic nitrogens is 4. The second kappa shape index (κ2) is 13.6. The molecule has 5 heterocycles. The SMILES string of the molecule is O=C(O)C(F)(F)F.O=C(O)C(F)(F)F.O=C(c1cc(-c2[nH]c3ncc(Cl)cc3c2-c2cccnc2)c[nH]1)N1CCNCC1. The van der Waals surface area contributed by atoms with Crippen molar-refractivity contribution < 1.29 is 50.9 Å². The Kier molecular flexibility index (Phi) is 10.4. The first kappa shape index (κ1) is 32.9. The summed E-state index contributed by atoms with van der Waals surface area (Å²) in [5.41, 5.74) is 4.98. The number of carboxylic acid groups (broad SMARTS) is 2. The third-order valence-corrected chi connectivity index (χ3v) is 5.87. The molecule has 1 fully saturated rings. The maximum Gasteiger partial charge on any atom is 0.490 e. The molecule has 43 heavy (non-hydrogen) atoms. The van der Waals surface area contributed by atoms with Gasteiger partial charge in [-0.1, -0.05) is 17.7 Å². The van der Waals surface area contributed by atoms with Crippen molar-refractivity contribution in [3.8, 4) is 22.4 Å². The number of pyridine rings is 2. The monoisotopic (exact) mass is 634 g/mol. The van der Waals surface area contributed by atoms with Crippen LogP contribution >= 0.6 is 11.6 Å². The van der Waals surface area contributed by atoms with Crippen LogP contribution in [0.3, 0.4) is 0 Å². The molecule has 5 rings (SSSR count). The van der Waals surface area contributed by atoms with E-state index in [1.807, 2.05) is 41.6 Å². The van der Waals surface area contributed by atoms with Crippen LogP contribution in [-0.2, 0) is 9.59 Å². The fourth-order valence-corrected chi connectivity index (χ4v) is 3.93. The lowest BCUT2D eigenvalue weighted by atomic mass is 10.0. The lowest BCUT2D eigenvalue weighted by Gasteiger charge is -2.26. The van der Waals surface area contributed by atoms with Gasteiger partial charge in [0.2, 0.25) is 0 Å². The van der Waals surface area contributed by atoms with Crippen molar-refractivity contribution in [1.29, 1.82) is 0 Å². The number of aromatic amines is 2. The average Bonchev–Trinajstić information content (AvgIpc) is 3.58. The number of H-pyrrole nitrogens is 2. The Morgan fingerprint density at radius 2 is 1.53 bits per heavy atom. The summed E-state index contributed by atoms with van der Waals surface area (Å²) in [5, 5.41) is 19.0. The minimum atomic E-state index is -5.08. The average molecular weight is 635 g/mol. The van der Waals surface area contributed by atoms with Crippen LogP contribution < -0.4 is 5.32 Å². The molecule has 4 aromatic heterocycles. The highest BCUT2D eigenvalue weighted by atomic mass is 35.5. The normalized spacial score (nSPS) is 13.4. The lowest BCUT2D eigenvalue weighted by Crippen LogP contribution is -2.46. The van der Waals surface area contributed by atoms with Gasteiger partial charge in [0, 0.05) is 73.0 Å². The second-order valence-corrected chi connectivity index (χ2v) is 9.05. The van der Waals surface area contributed by atoms with Gasteiger partial charge in [0.15, 0.2) is 0 Å². The summed E-state index contributed by atoms with van der Waals surface area (Å²) in [6, 6.07) is 7.67. The predicted molar refractivity (Wildman–Crippen MR) is 140 cm³/mol. The Morgan fingerprint density at radius 3 is 2.07 bits per heavy atom. The highest BCUT2D eigenvalue weighted by molar-refractivity contribution is 6.31. The second-order valence-electron chi connectivity index (χ2n) is 8.62. The van der Waals surface area contributed by atoms with Crippen LogP contribution in [0.25, 0.3) is 33.4 Å². The molecule has 0 atom stereocenters. The molecule has 230 valence electrons. The fraction of sp³-hybridized carbons (Fsp3) is 0.240. The molecule has 1 amide bonds. The third-order valence-electron chi connectivity index (χ3n) is 5.66. The van der Waals surface area contributed by atoms with Crippen LogP contribution in [0, 0.1) is 0 Å². The van der Waals surface area contributed by atoms with Crippen LogP contribution in [0.2, 0.25) is 5.02 Å². The van der Waals surface area contributed by atoms with Gasteiger partial charge in [-0.25, -0.2) is 14.6 Å². The van der Waals surface area contributed by atoms with Crippen LogP contribution in [0.15, 0.2) is 49.1 Å². The van der Waals surface area contributed by atoms with Crippen LogP contribution in [-0.4, -0.2) is 91.4 Å². The van der Waals surface area contributed by atoms with Crippen LogP contribution in [0.5, 0.6) is 0 Å². The molecule has 0 bridgehead atoms. The van der Waals surface area contributed by atoms with Gasteiger partial charge < -0.3 is 30.4 Å². The third kappa shape index (κ3) is 8.68. The number of piperazine rings is 1. The molecule has 0 radical (unpaired) electrons. The van der Waals surface area contributed by atoms with Gasteiger partial charge in [0.25, 0.3) is 5.91 Å². The zero-order valence-corrected chi connectivity index (χ0v) is 22.3. The van der Waals surface area contributed by atoms with E-state index in [-0.39, 0.29) is 5.91 Å². The van der Waals surface area contributed by atoms with Crippen molar-refractivity contribution in [3.63, 3.8) is 0 Å². The molecular formula is C25H21ClF6N6O5. The molecule has 0 saturated carbocycles. The van der Waals surface area contributed by atoms with Gasteiger partial charge in [-0.2, -0.15) is 26.3 Å². The number of alkyl halides is 6. The van der Waals surface area contributed by atoms with E-state index >= 15 is 0 Å². The highest BCUT2D eigenvalue weighted by Crippen LogP contribution is 2.38. The van der Waals surface area contributed by atoms with Crippen LogP contribution in [0.1, 0.15) is 10.5 Å². The lowest BCUT2D eigenvalue weighted by molar-refractivity contribution is -0.193. The summed E-state index contributed by atoms with van der Waals surface area (Å²) in [6.45, 7) is 3.06. The van der Waals surface area contributed by atoms with Crippen LogP contribution in [0.4, 0.5) is 26.3 Å². The summed E-state index contributed by atoms with van der Waals surface area (Å²) < 4.78 is 63.5. The number of nitrogens with one attached hydrogen (secondary N) is 3. The molecule has 18 heteroatoms. The molecular weight excluding hydrogens is 614 g/mol. The zero-order valence-electron chi connectivity index (χ0n) is 21.6. The topological polar surface area (TPSA) is 164 Å². The van der Waals surface area contributed by atoms with Gasteiger partial charge in [-0.05, 0) is 18.2 Å². The number of carboxylic acids is 2. The summed E-state index contributed by atoms with van der Waals surface area (Å²) in [5.74, 6) is -5.50. The van der Waals surface area contributed by atoms with Crippen molar-refractivity contribution in [1.82, 2.24) is 30.2 Å². The van der Waals surface area contributed by atoms with Gasteiger partial charge in [0.1, 0.15) is 11.3 Å². The fourth-order valence-electron chi connectivity index (χ4n) is 3.77. The van der Waals surface area contributed by atoms with E-state index in [0.717, 1.165) is 46.5 Å². The molecule has 11 nitrogen and oxygen atoms in total. The van der Waals surface area contributed by atoms with Crippen molar-refractivity contribution in [2.75, 3.05) is 26.2 Å². The number of carbonyl (C=O) groups excluding carboxylic acids is 1. The summed E-state index contributed by atoms with van der Waals surface area (Å²) >= 11 is 6.21. The van der Waals surface area contributed by atoms with Gasteiger partial charge in [-0.3, -0.25) is 9.78 Å². The van der Waals surface area contributed by atoms with E-state index in [2.05, 4.69) is 25.3 Å². The molecule has 1 saturated heterocycles. The molecule has 1 aliphatic rings. The number of aliphatic carboxylic acids is 2. The Morgan fingerprint density at radius 1 is 0.930 bits per heavy atom. The first-order valence-corrected chi connectivity index (χ1v) is 12.3. The van der Waals surface area contributed by atoms with E-state index in [0.29, 0.717) is 23.8 Å². The largest absolute Gasteiger partial charge is 0.490 e. The quantitative estimate of drug-likeness (QED) is 0.204. The minimum absolute atomic E-state index is 0.0120. The van der Waals surface area contributed by atoms with Gasteiger partial charge in [0.05, 0.1) is 10.7 Å². The minimum Gasteiger partial charge on any atom is -0.475 e. The maximum atomic E-state index is 12.8. The first-order valence-electron chi connectivity index (χ1n) is 12.0. The van der Waals surface area contributed by atoms with Crippen molar-refractivity contribution >= 4 is 40.5 Å². The molecule has 0 aliphatic carbocycles. The van der Waals surface area contributed by atoms with E-state index in [9.17, 15) is 31.1 Å². The summed E-state index contributed by atoms with van der Waals surface area (Å²) in [7, 11) is 0. The Labute approximate surface area is 242 Å². The molecule has 0 unspecified atom stereocenters. The summed E-state index contributed by atoms with van der Waals surface area (Å²) in [6.07, 6.45) is -3.15. The predicted octanol–water partition coefficient (Wildman–Crippen LogP) is 4.59. The number of carbonyl (C=O) groups is 3. The van der Waals surface area contributed by atoms with Gasteiger partial charge in [-0.15, -0.1) is 0 Å². The Hall–Kier alpha value is -4.64. The van der Waals surface area contributed by atoms with E-state index in [1.165, 1.54) is 0 Å². The smallest absolute Gasteiger partial charge is 0.475 e. The molecule has 1 aliphatic heterocycles. The number of hydrogen-bond acceptors (Lipinski definition) is 6. The number of halogens is 7. The van der Waals surface area contributed by atoms with E-state index < -0.39 is 24.3 Å². The number of hydrogen-bond donors (Lipinski definition) is 5. The number of nitrogens with zero attached hydrogens (tertiary/aromatic N) is 3. The van der Waals surface area contributed by atoms with E-state index in [4.69, 9.17) is 31.4 Å². The highest BCUT2D eigenvalue weighted by Gasteiger charge is 2.38. The summed E-state index contributed by atoms with van der Waals surface area (Å²) in [4.78, 5) is 47.7. The molecule has 0 aromatic carbocycles. The maximum absolute atomic E-state index is 12.8. The number of fused-ring (bicyclic) bond motifs is 1. The number of amides is 1. The van der Waals surface area contributed by atoms with Crippen molar-refractivity contribution in [2.45, 2.75) is 12.4 Å². The standard InChI is InChI=1S/C21H19ClN6O.2C2HF3O2/c22-15-9-16-18(13-2-1-3-24-10-13)19(27-20(16)26-12-15)14-8-17(25-11-14)21(29)28-6-4-23-5-7-28;2*3-2(4,5)1(6)7/h1-3,8-12,23,25H,4-7H2,(H,26,27);2*(H,6,7). The Bertz CT molecular complexity index is 1560. The molecule has 0 spiro atoms. The number of rotatable bonds is 3. The first-order chi connectivity index (χ1) is 20.1. The van der Waals surface area contributed by atoms with Gasteiger partial charge >= 0.3 is 24.3 Å². The van der Waals surface area contributed by atoms with Crippen molar-refractivity contribution in [3.05, 3.63) is 59.8 Å². The Balaban J connectivity index is 0.000000303. The zero-order chi connectivity index (χ0) is 31.9. The molecule has 5 N–H and O–H groups in total. The molecule has 4 aromatic rings. The van der Waals surface area contributed by atoms with E-state index in [1.54, 1.807) is 12.4 Å².